The van der Waals surface area contributed by atoms with E-state index in [2.05, 4.69) is 20.6 Å². The summed E-state index contributed by atoms with van der Waals surface area (Å²) in [6.45, 7) is 0. The number of carbonyl (C=O) groups is 1. The van der Waals surface area contributed by atoms with Gasteiger partial charge in [0, 0.05) is 17.8 Å². The van der Waals surface area contributed by atoms with Crippen molar-refractivity contribution >= 4 is 28.3 Å². The van der Waals surface area contributed by atoms with Crippen molar-refractivity contribution in [3.63, 3.8) is 0 Å². The monoisotopic (exact) mass is 264 g/mol. The lowest BCUT2D eigenvalue weighted by Crippen LogP contribution is -2.19. The number of urea groups is 1. The Kier molecular flexibility index (Phi) is 3.24. The molecule has 5 nitrogen and oxygen atoms in total. The van der Waals surface area contributed by atoms with Gasteiger partial charge in [-0.3, -0.25) is 9.97 Å². The minimum Gasteiger partial charge on any atom is -0.307 e. The summed E-state index contributed by atoms with van der Waals surface area (Å²) < 4.78 is 0. The van der Waals surface area contributed by atoms with Gasteiger partial charge in [0.25, 0.3) is 0 Å². The van der Waals surface area contributed by atoms with Gasteiger partial charge in [-0.1, -0.05) is 18.2 Å². The van der Waals surface area contributed by atoms with Crippen LogP contribution in [-0.2, 0) is 0 Å². The van der Waals surface area contributed by atoms with Gasteiger partial charge in [-0.15, -0.1) is 0 Å². The Morgan fingerprint density at radius 2 is 1.85 bits per heavy atom. The van der Waals surface area contributed by atoms with Crippen LogP contribution in [-0.4, -0.2) is 16.0 Å². The number of carbonyl (C=O) groups excluding carboxylic acids is 1. The summed E-state index contributed by atoms with van der Waals surface area (Å²) in [5.41, 5.74) is 2.20. The SMILES string of the molecule is O=C(Nc1cccnc1)Nc1ccnc2ccccc12. The predicted molar refractivity (Wildman–Crippen MR) is 78.6 cm³/mol. The quantitative estimate of drug-likeness (QED) is 0.746. The normalized spacial score (nSPS) is 10.2. The molecule has 0 atom stereocenters. The third kappa shape index (κ3) is 2.56. The molecule has 0 radical (unpaired) electrons. The van der Waals surface area contributed by atoms with Crippen molar-refractivity contribution in [1.29, 1.82) is 0 Å². The average molecular weight is 264 g/mol. The fourth-order valence-corrected chi connectivity index (χ4v) is 1.93. The number of amides is 2. The van der Waals surface area contributed by atoms with Crippen LogP contribution in [0, 0.1) is 0 Å². The molecular weight excluding hydrogens is 252 g/mol. The number of anilines is 2. The molecule has 2 amide bonds. The van der Waals surface area contributed by atoms with E-state index in [0.717, 1.165) is 16.6 Å². The Hall–Kier alpha value is -2.95. The van der Waals surface area contributed by atoms with Crippen molar-refractivity contribution in [1.82, 2.24) is 9.97 Å². The molecule has 2 heterocycles. The molecule has 0 aliphatic heterocycles. The second-order valence-electron chi connectivity index (χ2n) is 4.20. The van der Waals surface area contributed by atoms with Crippen LogP contribution in [0.25, 0.3) is 10.9 Å². The van der Waals surface area contributed by atoms with Crippen LogP contribution < -0.4 is 10.6 Å². The molecular formula is C15H12N4O. The number of hydrogen-bond donors (Lipinski definition) is 2. The number of aromatic nitrogens is 2. The highest BCUT2D eigenvalue weighted by atomic mass is 16.2. The summed E-state index contributed by atoms with van der Waals surface area (Å²) in [4.78, 5) is 20.1. The van der Waals surface area contributed by atoms with E-state index < -0.39 is 0 Å². The molecule has 20 heavy (non-hydrogen) atoms. The van der Waals surface area contributed by atoms with E-state index in [4.69, 9.17) is 0 Å². The lowest BCUT2D eigenvalue weighted by molar-refractivity contribution is 0.262. The first-order valence-corrected chi connectivity index (χ1v) is 6.15. The number of hydrogen-bond acceptors (Lipinski definition) is 3. The summed E-state index contributed by atoms with van der Waals surface area (Å²) in [5, 5.41) is 6.44. The van der Waals surface area contributed by atoms with Crippen LogP contribution >= 0.6 is 0 Å². The number of nitrogens with zero attached hydrogens (tertiary/aromatic N) is 2. The van der Waals surface area contributed by atoms with E-state index in [1.165, 1.54) is 0 Å². The van der Waals surface area contributed by atoms with Crippen molar-refractivity contribution in [2.45, 2.75) is 0 Å². The van der Waals surface area contributed by atoms with Crippen LogP contribution in [0.15, 0.2) is 61.1 Å². The fraction of sp³-hybridized carbons (Fsp3) is 0. The minimum absolute atomic E-state index is 0.311. The molecule has 2 N–H and O–H groups in total. The summed E-state index contributed by atoms with van der Waals surface area (Å²) in [7, 11) is 0. The second-order valence-corrected chi connectivity index (χ2v) is 4.20. The molecule has 98 valence electrons. The number of rotatable bonds is 2. The lowest BCUT2D eigenvalue weighted by atomic mass is 10.2. The highest BCUT2D eigenvalue weighted by Gasteiger charge is 2.06. The Morgan fingerprint density at radius 1 is 0.950 bits per heavy atom. The Labute approximate surface area is 115 Å². The largest absolute Gasteiger partial charge is 0.323 e. The smallest absolute Gasteiger partial charge is 0.307 e. The third-order valence-electron chi connectivity index (χ3n) is 2.82. The van der Waals surface area contributed by atoms with Crippen LogP contribution in [0.4, 0.5) is 16.2 Å². The predicted octanol–water partition coefficient (Wildman–Crippen LogP) is 3.27. The molecule has 0 bridgehead atoms. The van der Waals surface area contributed by atoms with Gasteiger partial charge >= 0.3 is 6.03 Å². The van der Waals surface area contributed by atoms with Gasteiger partial charge in [-0.2, -0.15) is 0 Å². The Balaban J connectivity index is 1.81. The van der Waals surface area contributed by atoms with Gasteiger partial charge in [-0.05, 0) is 24.3 Å². The molecule has 0 aliphatic carbocycles. The van der Waals surface area contributed by atoms with Crippen LogP contribution in [0.5, 0.6) is 0 Å². The molecule has 0 aliphatic rings. The molecule has 2 aromatic heterocycles. The number of benzene rings is 1. The van der Waals surface area contributed by atoms with Crippen molar-refractivity contribution in [3.8, 4) is 0 Å². The highest BCUT2D eigenvalue weighted by molar-refractivity contribution is 6.05. The van der Waals surface area contributed by atoms with Crippen molar-refractivity contribution in [2.24, 2.45) is 0 Å². The summed E-state index contributed by atoms with van der Waals surface area (Å²) in [6.07, 6.45) is 4.91. The first kappa shape index (κ1) is 12.1. The van der Waals surface area contributed by atoms with Gasteiger partial charge in [0.05, 0.1) is 23.1 Å². The molecule has 3 aromatic rings. The van der Waals surface area contributed by atoms with E-state index >= 15 is 0 Å². The zero-order valence-electron chi connectivity index (χ0n) is 10.6. The molecule has 0 spiro atoms. The molecule has 5 heteroatoms. The second kappa shape index (κ2) is 5.36. The topological polar surface area (TPSA) is 66.9 Å². The molecule has 0 saturated heterocycles. The molecule has 3 rings (SSSR count). The molecule has 1 aromatic carbocycles. The van der Waals surface area contributed by atoms with Crippen LogP contribution in [0.3, 0.4) is 0 Å². The maximum Gasteiger partial charge on any atom is 0.323 e. The van der Waals surface area contributed by atoms with Crippen LogP contribution in [0.1, 0.15) is 0 Å². The standard InChI is InChI=1S/C15H12N4O/c20-15(18-11-4-3-8-16-10-11)19-14-7-9-17-13-6-2-1-5-12(13)14/h1-10H,(H2,17,18,19,20). The minimum atomic E-state index is -0.311. The van der Waals surface area contributed by atoms with Crippen molar-refractivity contribution < 1.29 is 4.79 Å². The zero-order chi connectivity index (χ0) is 13.8. The number of para-hydroxylation sites is 1. The first-order valence-electron chi connectivity index (χ1n) is 6.15. The summed E-state index contributed by atoms with van der Waals surface area (Å²) in [5.74, 6) is 0. The number of pyridine rings is 2. The summed E-state index contributed by atoms with van der Waals surface area (Å²) in [6, 6.07) is 12.6. The average Bonchev–Trinajstić information content (AvgIpc) is 2.48. The zero-order valence-corrected chi connectivity index (χ0v) is 10.6. The van der Waals surface area contributed by atoms with E-state index in [9.17, 15) is 4.79 Å². The third-order valence-corrected chi connectivity index (χ3v) is 2.82. The maximum atomic E-state index is 12.0. The molecule has 0 fully saturated rings. The van der Waals surface area contributed by atoms with Gasteiger partial charge in [0.15, 0.2) is 0 Å². The number of nitrogens with one attached hydrogen (secondary N) is 2. The Bertz CT molecular complexity index is 738. The van der Waals surface area contributed by atoms with Crippen molar-refractivity contribution in [3.05, 3.63) is 61.1 Å². The Morgan fingerprint density at radius 3 is 2.70 bits per heavy atom. The molecule has 0 unspecified atom stereocenters. The fourth-order valence-electron chi connectivity index (χ4n) is 1.93. The van der Waals surface area contributed by atoms with E-state index in [1.807, 2.05) is 24.3 Å². The van der Waals surface area contributed by atoms with E-state index in [-0.39, 0.29) is 6.03 Å². The van der Waals surface area contributed by atoms with Gasteiger partial charge in [-0.25, -0.2) is 4.79 Å². The number of fused-ring (bicyclic) bond motifs is 1. The van der Waals surface area contributed by atoms with E-state index in [0.29, 0.717) is 5.69 Å². The van der Waals surface area contributed by atoms with Gasteiger partial charge in [0.1, 0.15) is 0 Å². The van der Waals surface area contributed by atoms with Gasteiger partial charge in [0.2, 0.25) is 0 Å². The maximum absolute atomic E-state index is 12.0. The van der Waals surface area contributed by atoms with Crippen molar-refractivity contribution in [2.75, 3.05) is 10.6 Å². The summed E-state index contributed by atoms with van der Waals surface area (Å²) >= 11 is 0. The highest BCUT2D eigenvalue weighted by Crippen LogP contribution is 2.21. The lowest BCUT2D eigenvalue weighted by Gasteiger charge is -2.09. The molecule has 0 saturated carbocycles. The van der Waals surface area contributed by atoms with Crippen LogP contribution in [0.2, 0.25) is 0 Å². The van der Waals surface area contributed by atoms with E-state index in [1.54, 1.807) is 36.8 Å². The first-order chi connectivity index (χ1) is 9.83. The van der Waals surface area contributed by atoms with Gasteiger partial charge < -0.3 is 10.6 Å².